The molecule has 2 unspecified atom stereocenters. The summed E-state index contributed by atoms with van der Waals surface area (Å²) < 4.78 is 68.2. The van der Waals surface area contributed by atoms with Gasteiger partial charge >= 0.3 is 39.5 Å². The van der Waals surface area contributed by atoms with Crippen molar-refractivity contribution in [2.45, 2.75) is 406 Å². The van der Waals surface area contributed by atoms with Gasteiger partial charge in [-0.05, 0) is 31.6 Å². The first-order valence-electron chi connectivity index (χ1n) is 38.6. The van der Waals surface area contributed by atoms with Gasteiger partial charge in [-0.15, -0.1) is 0 Å². The fourth-order valence-electron chi connectivity index (χ4n) is 11.4. The minimum absolute atomic E-state index is 0.106. The summed E-state index contributed by atoms with van der Waals surface area (Å²) in [5.74, 6) is -1.34. The summed E-state index contributed by atoms with van der Waals surface area (Å²) in [4.78, 5) is 72.5. The predicted octanol–water partition coefficient (Wildman–Crippen LogP) is 21.7. The van der Waals surface area contributed by atoms with Crippen molar-refractivity contribution in [1.82, 2.24) is 0 Å². The zero-order chi connectivity index (χ0) is 68.4. The van der Waals surface area contributed by atoms with Crippen LogP contribution in [0.5, 0.6) is 0 Å². The van der Waals surface area contributed by atoms with E-state index in [9.17, 15) is 43.2 Å². The highest BCUT2D eigenvalue weighted by Gasteiger charge is 2.30. The van der Waals surface area contributed by atoms with Crippen LogP contribution in [0.1, 0.15) is 388 Å². The molecule has 0 amide bonds. The third kappa shape index (κ3) is 68.4. The quantitative estimate of drug-likeness (QED) is 0.0222. The Morgan fingerprint density at radius 2 is 0.495 bits per heavy atom. The Morgan fingerprint density at radius 3 is 0.731 bits per heavy atom. The molecule has 0 aliphatic rings. The number of esters is 4. The van der Waals surface area contributed by atoms with E-state index in [1.165, 1.54) is 199 Å². The average molecular weight is 1370 g/mol. The SMILES string of the molecule is CCCCCCCCCCCCCCCCCCCCCCCCC(=O)O[C@H](COC(=O)CCCCCCCCCCCCCCC(C)C)COP(=O)(O)OC[C@@H](O)COP(=O)(O)OC[C@@H](COC(=O)CCCCCCCCC)OC(=O)CCCCCCCCCCC. The first-order chi connectivity index (χ1) is 45.0. The van der Waals surface area contributed by atoms with Gasteiger partial charge in [0.1, 0.15) is 19.3 Å². The van der Waals surface area contributed by atoms with Gasteiger partial charge in [0.2, 0.25) is 0 Å². The molecule has 17 nitrogen and oxygen atoms in total. The van der Waals surface area contributed by atoms with E-state index in [1.54, 1.807) is 0 Å². The third-order valence-electron chi connectivity index (χ3n) is 17.3. The number of carbonyl (C=O) groups excluding carboxylic acids is 4. The number of carbonyl (C=O) groups is 4. The van der Waals surface area contributed by atoms with Gasteiger partial charge < -0.3 is 33.8 Å². The minimum atomic E-state index is -4.95. The van der Waals surface area contributed by atoms with Crippen LogP contribution in [-0.2, 0) is 65.4 Å². The summed E-state index contributed by atoms with van der Waals surface area (Å²) in [7, 11) is -9.90. The standard InChI is InChI=1S/C74H144O17P2/c1-6-9-12-15-18-20-21-22-23-24-25-26-27-28-29-30-31-36-40-45-50-55-60-74(79)91-70(64-85-72(77)58-53-48-43-39-35-33-32-34-38-42-46-51-56-67(4)5)66-89-93(82,83)87-62-68(75)61-86-92(80,81)88-65-69(63-84-71(76)57-52-47-41-17-14-11-8-3)90-73(78)59-54-49-44-37-19-16-13-10-7-2/h67-70,75H,6-66H2,1-5H3,(H,80,81)(H,82,83)/t68-,69+,70+/m0/s1. The lowest BCUT2D eigenvalue weighted by Crippen LogP contribution is -2.30. The van der Waals surface area contributed by atoms with Gasteiger partial charge in [-0.1, -0.05) is 336 Å². The number of phosphoric ester groups is 2. The van der Waals surface area contributed by atoms with E-state index in [2.05, 4.69) is 34.6 Å². The van der Waals surface area contributed by atoms with Crippen LogP contribution >= 0.6 is 15.6 Å². The van der Waals surface area contributed by atoms with E-state index < -0.39 is 97.5 Å². The molecule has 0 aliphatic heterocycles. The zero-order valence-corrected chi connectivity index (χ0v) is 62.2. The number of hydrogen-bond acceptors (Lipinski definition) is 15. The monoisotopic (exact) mass is 1370 g/mol. The molecule has 0 saturated heterocycles. The van der Waals surface area contributed by atoms with Crippen LogP contribution in [0.25, 0.3) is 0 Å². The molecule has 552 valence electrons. The Labute approximate surface area is 568 Å². The molecule has 0 bridgehead atoms. The van der Waals surface area contributed by atoms with Crippen LogP contribution in [0.4, 0.5) is 0 Å². The molecule has 0 aromatic carbocycles. The van der Waals surface area contributed by atoms with Gasteiger partial charge in [-0.2, -0.15) is 0 Å². The number of aliphatic hydroxyl groups is 1. The Hall–Kier alpha value is -1.94. The molecule has 0 aromatic rings. The molecule has 0 aromatic heterocycles. The van der Waals surface area contributed by atoms with Gasteiger partial charge in [-0.25, -0.2) is 9.13 Å². The first-order valence-corrected chi connectivity index (χ1v) is 41.6. The molecule has 93 heavy (non-hydrogen) atoms. The maximum absolute atomic E-state index is 13.1. The van der Waals surface area contributed by atoms with Gasteiger partial charge in [0.15, 0.2) is 12.2 Å². The summed E-state index contributed by atoms with van der Waals surface area (Å²) in [5.41, 5.74) is 0. The molecule has 0 aliphatic carbocycles. The van der Waals surface area contributed by atoms with Gasteiger partial charge in [0.25, 0.3) is 0 Å². The van der Waals surface area contributed by atoms with Crippen LogP contribution in [-0.4, -0.2) is 96.7 Å². The second-order valence-corrected chi connectivity index (χ2v) is 30.1. The van der Waals surface area contributed by atoms with E-state index in [4.69, 9.17) is 37.0 Å². The molecular formula is C74H144O17P2. The Bertz CT molecular complexity index is 1790. The molecule has 0 heterocycles. The van der Waals surface area contributed by atoms with Crippen LogP contribution < -0.4 is 0 Å². The highest BCUT2D eigenvalue weighted by atomic mass is 31.2. The van der Waals surface area contributed by atoms with Crippen molar-refractivity contribution in [2.24, 2.45) is 5.92 Å². The summed E-state index contributed by atoms with van der Waals surface area (Å²) in [6.07, 6.45) is 55.9. The second kappa shape index (κ2) is 67.3. The number of rotatable bonds is 74. The highest BCUT2D eigenvalue weighted by Crippen LogP contribution is 2.45. The maximum atomic E-state index is 13.1. The van der Waals surface area contributed by atoms with E-state index >= 15 is 0 Å². The van der Waals surface area contributed by atoms with Crippen LogP contribution in [0.2, 0.25) is 0 Å². The van der Waals surface area contributed by atoms with Crippen molar-refractivity contribution < 1.29 is 80.2 Å². The van der Waals surface area contributed by atoms with Crippen molar-refractivity contribution >= 4 is 39.5 Å². The van der Waals surface area contributed by atoms with Crippen molar-refractivity contribution in [3.63, 3.8) is 0 Å². The Balaban J connectivity index is 5.12. The molecule has 19 heteroatoms. The lowest BCUT2D eigenvalue weighted by atomic mass is 10.0. The van der Waals surface area contributed by atoms with Gasteiger partial charge in [0, 0.05) is 25.7 Å². The number of hydrogen-bond donors (Lipinski definition) is 3. The smallest absolute Gasteiger partial charge is 0.462 e. The average Bonchev–Trinajstić information content (AvgIpc) is 2.93. The highest BCUT2D eigenvalue weighted by molar-refractivity contribution is 7.47. The second-order valence-electron chi connectivity index (χ2n) is 27.2. The molecule has 0 saturated carbocycles. The third-order valence-corrected chi connectivity index (χ3v) is 19.2. The lowest BCUT2D eigenvalue weighted by Gasteiger charge is -2.21. The fourth-order valence-corrected chi connectivity index (χ4v) is 12.9. The summed E-state index contributed by atoms with van der Waals surface area (Å²) in [6.45, 7) is 7.22. The Morgan fingerprint density at radius 1 is 0.290 bits per heavy atom. The summed E-state index contributed by atoms with van der Waals surface area (Å²) >= 11 is 0. The van der Waals surface area contributed by atoms with Gasteiger partial charge in [-0.3, -0.25) is 37.3 Å². The molecule has 0 spiro atoms. The van der Waals surface area contributed by atoms with Crippen LogP contribution in [0, 0.1) is 5.92 Å². The van der Waals surface area contributed by atoms with Crippen molar-refractivity contribution in [3.05, 3.63) is 0 Å². The largest absolute Gasteiger partial charge is 0.472 e. The summed E-state index contributed by atoms with van der Waals surface area (Å²) in [6, 6.07) is 0. The van der Waals surface area contributed by atoms with Crippen molar-refractivity contribution in [1.29, 1.82) is 0 Å². The van der Waals surface area contributed by atoms with Crippen molar-refractivity contribution in [2.75, 3.05) is 39.6 Å². The van der Waals surface area contributed by atoms with Crippen LogP contribution in [0.15, 0.2) is 0 Å². The zero-order valence-electron chi connectivity index (χ0n) is 60.4. The number of phosphoric acid groups is 2. The minimum Gasteiger partial charge on any atom is -0.462 e. The molecule has 0 fully saturated rings. The summed E-state index contributed by atoms with van der Waals surface area (Å²) in [5, 5.41) is 10.6. The topological polar surface area (TPSA) is 237 Å². The molecule has 0 radical (unpaired) electrons. The van der Waals surface area contributed by atoms with E-state index in [-0.39, 0.29) is 25.7 Å². The lowest BCUT2D eigenvalue weighted by molar-refractivity contribution is -0.161. The maximum Gasteiger partial charge on any atom is 0.472 e. The molecular weight excluding hydrogens is 1220 g/mol. The van der Waals surface area contributed by atoms with Gasteiger partial charge in [0.05, 0.1) is 26.4 Å². The molecule has 3 N–H and O–H groups in total. The number of ether oxygens (including phenoxy) is 4. The van der Waals surface area contributed by atoms with Crippen molar-refractivity contribution in [3.8, 4) is 0 Å². The first kappa shape index (κ1) is 91.1. The fraction of sp³-hybridized carbons (Fsp3) is 0.946. The Kier molecular flexibility index (Phi) is 65.9. The van der Waals surface area contributed by atoms with E-state index in [0.717, 1.165) is 109 Å². The van der Waals surface area contributed by atoms with E-state index in [1.807, 2.05) is 0 Å². The normalized spacial score (nSPS) is 14.0. The number of unbranched alkanes of at least 4 members (excludes halogenated alkanes) is 46. The molecule has 0 rings (SSSR count). The molecule has 5 atom stereocenters. The van der Waals surface area contributed by atoms with E-state index in [0.29, 0.717) is 25.7 Å². The van der Waals surface area contributed by atoms with Crippen LogP contribution in [0.3, 0.4) is 0 Å². The number of aliphatic hydroxyl groups excluding tert-OH is 1. The predicted molar refractivity (Wildman–Crippen MR) is 377 cm³/mol.